The van der Waals surface area contributed by atoms with Gasteiger partial charge < -0.3 is 4.90 Å². The quantitative estimate of drug-likeness (QED) is 0.668. The Morgan fingerprint density at radius 1 is 0.812 bits per heavy atom. The van der Waals surface area contributed by atoms with Crippen molar-refractivity contribution in [3.05, 3.63) is 0 Å². The Bertz CT molecular complexity index is 278. The van der Waals surface area contributed by atoms with E-state index in [1.807, 2.05) is 0 Å². The minimum Gasteiger partial charge on any atom is -0.300 e. The van der Waals surface area contributed by atoms with Crippen LogP contribution in [0.2, 0.25) is 0 Å². The van der Waals surface area contributed by atoms with Gasteiger partial charge in [0.15, 0.2) is 0 Å². The molecule has 4 aliphatic heterocycles. The van der Waals surface area contributed by atoms with Gasteiger partial charge in [-0.05, 0) is 77.0 Å². The number of nitrogens with zero attached hydrogens (tertiary/aromatic N) is 2. The molecule has 0 bridgehead atoms. The molecule has 2 nitrogen and oxygen atoms in total. The summed E-state index contributed by atoms with van der Waals surface area (Å²) < 4.78 is 0. The van der Waals surface area contributed by atoms with Crippen LogP contribution in [-0.2, 0) is 0 Å². The Balaban J connectivity index is 1.64. The molecule has 0 spiro atoms. The Morgan fingerprint density at radius 3 is 2.44 bits per heavy atom. The molecule has 4 saturated heterocycles. The van der Waals surface area contributed by atoms with Crippen LogP contribution in [0.3, 0.4) is 0 Å². The first-order chi connectivity index (χ1) is 7.90. The Hall–Kier alpha value is -0.0800. The first-order valence-corrected chi connectivity index (χ1v) is 7.39. The van der Waals surface area contributed by atoms with E-state index in [2.05, 4.69) is 9.80 Å². The molecule has 0 aliphatic carbocycles. The Labute approximate surface area is 99.0 Å². The molecule has 4 aliphatic rings. The summed E-state index contributed by atoms with van der Waals surface area (Å²) >= 11 is 0. The highest BCUT2D eigenvalue weighted by Gasteiger charge is 2.55. The second-order valence-electron chi connectivity index (χ2n) is 6.44. The average Bonchev–Trinajstić information content (AvgIpc) is 2.95. The van der Waals surface area contributed by atoms with Crippen LogP contribution in [0.1, 0.15) is 44.9 Å². The third kappa shape index (κ3) is 1.15. The maximum Gasteiger partial charge on any atom is 0.0254 e. The minimum absolute atomic E-state index is 0.670. The van der Waals surface area contributed by atoms with Gasteiger partial charge in [0.25, 0.3) is 0 Å². The molecule has 4 fully saturated rings. The smallest absolute Gasteiger partial charge is 0.0254 e. The summed E-state index contributed by atoms with van der Waals surface area (Å²) in [5, 5.41) is 0. The maximum atomic E-state index is 2.87. The summed E-state index contributed by atoms with van der Waals surface area (Å²) in [6.45, 7) is 5.62. The van der Waals surface area contributed by atoms with Gasteiger partial charge in [0.1, 0.15) is 0 Å². The summed E-state index contributed by atoms with van der Waals surface area (Å²) in [6.07, 6.45) is 10.5. The van der Waals surface area contributed by atoms with Gasteiger partial charge in [-0.3, -0.25) is 4.90 Å². The van der Waals surface area contributed by atoms with Gasteiger partial charge in [-0.25, -0.2) is 0 Å². The molecular formula is C14H24N2. The first kappa shape index (κ1) is 9.90. The summed E-state index contributed by atoms with van der Waals surface area (Å²) in [5.41, 5.74) is 0.670. The molecule has 90 valence electrons. The van der Waals surface area contributed by atoms with Crippen molar-refractivity contribution in [1.82, 2.24) is 9.80 Å². The molecule has 0 saturated carbocycles. The van der Waals surface area contributed by atoms with Crippen LogP contribution in [0.25, 0.3) is 0 Å². The third-order valence-electron chi connectivity index (χ3n) is 6.00. The average molecular weight is 220 g/mol. The zero-order valence-electron chi connectivity index (χ0n) is 10.3. The van der Waals surface area contributed by atoms with Crippen molar-refractivity contribution in [3.63, 3.8) is 0 Å². The molecule has 16 heavy (non-hydrogen) atoms. The van der Waals surface area contributed by atoms with E-state index >= 15 is 0 Å². The monoisotopic (exact) mass is 220 g/mol. The van der Waals surface area contributed by atoms with E-state index in [1.54, 1.807) is 0 Å². The fourth-order valence-electron chi connectivity index (χ4n) is 5.47. The molecule has 2 heteroatoms. The van der Waals surface area contributed by atoms with Crippen molar-refractivity contribution >= 4 is 0 Å². The van der Waals surface area contributed by atoms with Crippen LogP contribution in [-0.4, -0.2) is 47.6 Å². The van der Waals surface area contributed by atoms with Crippen molar-refractivity contribution in [1.29, 1.82) is 0 Å². The normalized spacial score (nSPS) is 42.8. The number of hydrogen-bond donors (Lipinski definition) is 0. The standard InChI is InChI=1S/C14H24N2/c1-4-13-12(5-11-15(13)8-1)14-6-2-9-16(14)10-3-7-14/h12-13H,1-11H2/t12-,13+/m1/s1. The minimum atomic E-state index is 0.670. The molecule has 0 N–H and O–H groups in total. The van der Waals surface area contributed by atoms with E-state index in [0.717, 1.165) is 12.0 Å². The topological polar surface area (TPSA) is 6.48 Å². The van der Waals surface area contributed by atoms with E-state index in [4.69, 9.17) is 0 Å². The largest absolute Gasteiger partial charge is 0.300 e. The van der Waals surface area contributed by atoms with Crippen LogP contribution in [0, 0.1) is 5.92 Å². The van der Waals surface area contributed by atoms with Crippen LogP contribution in [0.5, 0.6) is 0 Å². The molecular weight excluding hydrogens is 196 g/mol. The number of fused-ring (bicyclic) bond motifs is 2. The van der Waals surface area contributed by atoms with Crippen molar-refractivity contribution < 1.29 is 0 Å². The summed E-state index contributed by atoms with van der Waals surface area (Å²) in [4.78, 5) is 5.67. The first-order valence-electron chi connectivity index (χ1n) is 7.39. The lowest BCUT2D eigenvalue weighted by atomic mass is 9.75. The van der Waals surface area contributed by atoms with Crippen LogP contribution in [0.4, 0.5) is 0 Å². The van der Waals surface area contributed by atoms with Gasteiger partial charge in [-0.15, -0.1) is 0 Å². The Morgan fingerprint density at radius 2 is 1.62 bits per heavy atom. The van der Waals surface area contributed by atoms with Crippen LogP contribution < -0.4 is 0 Å². The lowest BCUT2D eigenvalue weighted by Gasteiger charge is -2.41. The molecule has 4 rings (SSSR count). The van der Waals surface area contributed by atoms with Gasteiger partial charge in [-0.2, -0.15) is 0 Å². The van der Waals surface area contributed by atoms with Gasteiger partial charge in [-0.1, -0.05) is 0 Å². The highest BCUT2D eigenvalue weighted by Crippen LogP contribution is 2.51. The molecule has 0 aromatic heterocycles. The van der Waals surface area contributed by atoms with Gasteiger partial charge in [0, 0.05) is 11.6 Å². The van der Waals surface area contributed by atoms with E-state index < -0.39 is 0 Å². The molecule has 0 unspecified atom stereocenters. The zero-order valence-corrected chi connectivity index (χ0v) is 10.3. The van der Waals surface area contributed by atoms with Crippen molar-refractivity contribution in [3.8, 4) is 0 Å². The SMILES string of the molecule is C1C[C@H]2[C@H](C34CCCN3CCC4)CCN2C1. The predicted molar refractivity (Wildman–Crippen MR) is 65.5 cm³/mol. The predicted octanol–water partition coefficient (Wildman–Crippen LogP) is 2.10. The molecule has 0 radical (unpaired) electrons. The van der Waals surface area contributed by atoms with E-state index in [0.29, 0.717) is 5.54 Å². The van der Waals surface area contributed by atoms with E-state index in [9.17, 15) is 0 Å². The lowest BCUT2D eigenvalue weighted by Crippen LogP contribution is -2.49. The highest BCUT2D eigenvalue weighted by atomic mass is 15.3. The maximum absolute atomic E-state index is 2.87. The van der Waals surface area contributed by atoms with Crippen LogP contribution in [0.15, 0.2) is 0 Å². The fourth-order valence-corrected chi connectivity index (χ4v) is 5.47. The van der Waals surface area contributed by atoms with Gasteiger partial charge in [0.2, 0.25) is 0 Å². The zero-order chi connectivity index (χ0) is 10.6. The van der Waals surface area contributed by atoms with Crippen molar-refractivity contribution in [2.24, 2.45) is 5.92 Å². The third-order valence-corrected chi connectivity index (χ3v) is 6.00. The second kappa shape index (κ2) is 3.46. The molecule has 0 amide bonds. The van der Waals surface area contributed by atoms with E-state index in [1.165, 1.54) is 71.1 Å². The molecule has 4 heterocycles. The lowest BCUT2D eigenvalue weighted by molar-refractivity contribution is 0.0938. The summed E-state index contributed by atoms with van der Waals surface area (Å²) in [5.74, 6) is 1.03. The van der Waals surface area contributed by atoms with Gasteiger partial charge >= 0.3 is 0 Å². The fraction of sp³-hybridized carbons (Fsp3) is 1.00. The molecule has 0 aromatic carbocycles. The molecule has 0 aromatic rings. The van der Waals surface area contributed by atoms with Crippen LogP contribution >= 0.6 is 0 Å². The van der Waals surface area contributed by atoms with Crippen molar-refractivity contribution in [2.75, 3.05) is 26.2 Å². The number of rotatable bonds is 1. The molecule has 2 atom stereocenters. The Kier molecular flexibility index (Phi) is 2.14. The number of hydrogen-bond acceptors (Lipinski definition) is 2. The highest BCUT2D eigenvalue weighted by molar-refractivity contribution is 5.10. The summed E-state index contributed by atoms with van der Waals surface area (Å²) in [6, 6.07) is 0.971. The second-order valence-corrected chi connectivity index (χ2v) is 6.44. The van der Waals surface area contributed by atoms with Crippen molar-refractivity contribution in [2.45, 2.75) is 56.5 Å². The van der Waals surface area contributed by atoms with Gasteiger partial charge in [0.05, 0.1) is 0 Å². The summed E-state index contributed by atoms with van der Waals surface area (Å²) in [7, 11) is 0. The van der Waals surface area contributed by atoms with E-state index in [-0.39, 0.29) is 0 Å².